The van der Waals surface area contributed by atoms with Crippen molar-refractivity contribution in [3.05, 3.63) is 75.3 Å². The molecule has 0 spiro atoms. The quantitative estimate of drug-likeness (QED) is 0.413. The van der Waals surface area contributed by atoms with Gasteiger partial charge in [-0.25, -0.2) is 8.42 Å². The molecule has 0 bridgehead atoms. The lowest BCUT2D eigenvalue weighted by Gasteiger charge is -2.13. The summed E-state index contributed by atoms with van der Waals surface area (Å²) in [6.07, 6.45) is 1.48. The van der Waals surface area contributed by atoms with Gasteiger partial charge in [-0.3, -0.25) is 19.6 Å². The number of hydrogen-bond donors (Lipinski definition) is 2. The van der Waals surface area contributed by atoms with E-state index in [1.165, 1.54) is 25.1 Å². The van der Waals surface area contributed by atoms with E-state index in [-0.39, 0.29) is 33.3 Å². The Morgan fingerprint density at radius 2 is 2.00 bits per heavy atom. The Bertz CT molecular complexity index is 1020. The van der Waals surface area contributed by atoms with Crippen LogP contribution in [0.1, 0.15) is 15.9 Å². The van der Waals surface area contributed by atoms with Crippen molar-refractivity contribution in [2.45, 2.75) is 11.8 Å². The van der Waals surface area contributed by atoms with Gasteiger partial charge < -0.3 is 5.32 Å². The van der Waals surface area contributed by atoms with Crippen LogP contribution < -0.4 is 10.0 Å². The zero-order valence-electron chi connectivity index (χ0n) is 14.2. The van der Waals surface area contributed by atoms with E-state index < -0.39 is 26.5 Å². The molecule has 0 aliphatic heterocycles. The van der Waals surface area contributed by atoms with E-state index in [4.69, 9.17) is 11.6 Å². The van der Waals surface area contributed by atoms with E-state index in [1.807, 2.05) is 0 Å². The minimum atomic E-state index is -4.22. The molecule has 0 radical (unpaired) electrons. The molecular weight excluding hydrogens is 394 g/mol. The van der Waals surface area contributed by atoms with Crippen LogP contribution in [-0.2, 0) is 10.0 Å². The normalized spacial score (nSPS) is 10.9. The molecule has 0 saturated heterocycles. The second kappa shape index (κ2) is 8.19. The SMILES string of the molecule is C=CCNC(=O)c1ccccc1NS(=O)(=O)c1cc(Cl)c(C)c([N+](=O)[O-])c1. The Morgan fingerprint density at radius 1 is 1.33 bits per heavy atom. The summed E-state index contributed by atoms with van der Waals surface area (Å²) in [6, 6.07) is 8.02. The summed E-state index contributed by atoms with van der Waals surface area (Å²) in [7, 11) is -4.22. The summed E-state index contributed by atoms with van der Waals surface area (Å²) < 4.78 is 27.7. The van der Waals surface area contributed by atoms with Crippen LogP contribution in [0.3, 0.4) is 0 Å². The summed E-state index contributed by atoms with van der Waals surface area (Å²) in [4.78, 5) is 22.2. The van der Waals surface area contributed by atoms with Crippen molar-refractivity contribution >= 4 is 38.9 Å². The highest BCUT2D eigenvalue weighted by Gasteiger charge is 2.24. The molecule has 0 fully saturated rings. The molecule has 2 aromatic carbocycles. The smallest absolute Gasteiger partial charge is 0.275 e. The van der Waals surface area contributed by atoms with Gasteiger partial charge in [-0.1, -0.05) is 29.8 Å². The van der Waals surface area contributed by atoms with E-state index in [2.05, 4.69) is 16.6 Å². The number of amides is 1. The largest absolute Gasteiger partial charge is 0.349 e. The summed E-state index contributed by atoms with van der Waals surface area (Å²) in [5.41, 5.74) is -0.140. The van der Waals surface area contributed by atoms with E-state index in [0.29, 0.717) is 0 Å². The van der Waals surface area contributed by atoms with Gasteiger partial charge in [0.05, 0.1) is 26.1 Å². The van der Waals surface area contributed by atoms with Crippen molar-refractivity contribution in [1.82, 2.24) is 5.32 Å². The van der Waals surface area contributed by atoms with Gasteiger partial charge in [-0.05, 0) is 25.1 Å². The predicted octanol–water partition coefficient (Wildman–Crippen LogP) is 3.27. The average Bonchev–Trinajstić information content (AvgIpc) is 2.61. The number of benzene rings is 2. The number of para-hydroxylation sites is 1. The Labute approximate surface area is 161 Å². The number of halogens is 1. The molecule has 0 aliphatic carbocycles. The molecule has 2 aromatic rings. The first kappa shape index (κ1) is 20.4. The van der Waals surface area contributed by atoms with E-state index in [9.17, 15) is 23.3 Å². The van der Waals surface area contributed by atoms with E-state index >= 15 is 0 Å². The fourth-order valence-electron chi connectivity index (χ4n) is 2.22. The molecule has 142 valence electrons. The van der Waals surface area contributed by atoms with Gasteiger partial charge in [0, 0.05) is 18.2 Å². The van der Waals surface area contributed by atoms with Crippen molar-refractivity contribution in [1.29, 1.82) is 0 Å². The van der Waals surface area contributed by atoms with Crippen molar-refractivity contribution < 1.29 is 18.1 Å². The topological polar surface area (TPSA) is 118 Å². The van der Waals surface area contributed by atoms with Crippen LogP contribution in [0.25, 0.3) is 0 Å². The zero-order chi connectivity index (χ0) is 20.2. The minimum absolute atomic E-state index is 0.0263. The fraction of sp³-hybridized carbons (Fsp3) is 0.118. The summed E-state index contributed by atoms with van der Waals surface area (Å²) in [5.74, 6) is -0.499. The van der Waals surface area contributed by atoms with Gasteiger partial charge in [0.15, 0.2) is 0 Å². The molecule has 27 heavy (non-hydrogen) atoms. The number of nitrogens with one attached hydrogen (secondary N) is 2. The predicted molar refractivity (Wildman–Crippen MR) is 103 cm³/mol. The molecule has 8 nitrogen and oxygen atoms in total. The number of nitrogens with zero attached hydrogens (tertiary/aromatic N) is 1. The summed E-state index contributed by atoms with van der Waals surface area (Å²) >= 11 is 5.94. The molecule has 0 heterocycles. The first-order chi connectivity index (χ1) is 12.7. The maximum atomic E-state index is 12.7. The highest BCUT2D eigenvalue weighted by atomic mass is 35.5. The number of carbonyl (C=O) groups is 1. The fourth-order valence-corrected chi connectivity index (χ4v) is 3.62. The van der Waals surface area contributed by atoms with Crippen LogP contribution in [0, 0.1) is 17.0 Å². The lowest BCUT2D eigenvalue weighted by molar-refractivity contribution is -0.385. The standard InChI is InChI=1S/C17H16ClN3O5S/c1-3-8-19-17(22)13-6-4-5-7-15(13)20-27(25,26)12-9-14(18)11(2)16(10-12)21(23)24/h3-7,9-10,20H,1,8H2,2H3,(H,19,22). The number of rotatable bonds is 7. The lowest BCUT2D eigenvalue weighted by atomic mass is 10.1. The Balaban J connectivity index is 2.45. The van der Waals surface area contributed by atoms with Gasteiger partial charge in [-0.2, -0.15) is 0 Å². The number of nitro groups is 1. The van der Waals surface area contributed by atoms with Crippen molar-refractivity contribution in [3.63, 3.8) is 0 Å². The van der Waals surface area contributed by atoms with Crippen LogP contribution in [0.2, 0.25) is 5.02 Å². The van der Waals surface area contributed by atoms with Crippen molar-refractivity contribution in [2.24, 2.45) is 0 Å². The summed E-state index contributed by atoms with van der Waals surface area (Å²) in [5, 5.41) is 13.6. The van der Waals surface area contributed by atoms with Crippen LogP contribution >= 0.6 is 11.6 Å². The van der Waals surface area contributed by atoms with Gasteiger partial charge >= 0.3 is 0 Å². The van der Waals surface area contributed by atoms with Crippen LogP contribution in [0.4, 0.5) is 11.4 Å². The molecule has 0 atom stereocenters. The number of carbonyl (C=O) groups excluding carboxylic acids is 1. The molecule has 2 N–H and O–H groups in total. The molecular formula is C17H16ClN3O5S. The minimum Gasteiger partial charge on any atom is -0.349 e. The molecule has 0 aromatic heterocycles. The number of sulfonamides is 1. The van der Waals surface area contributed by atoms with E-state index in [0.717, 1.165) is 12.1 Å². The first-order valence-electron chi connectivity index (χ1n) is 7.63. The monoisotopic (exact) mass is 409 g/mol. The molecule has 0 aliphatic rings. The maximum Gasteiger partial charge on any atom is 0.275 e. The third-order valence-corrected chi connectivity index (χ3v) is 5.36. The molecule has 0 saturated carbocycles. The molecule has 2 rings (SSSR count). The highest BCUT2D eigenvalue weighted by Crippen LogP contribution is 2.30. The molecule has 10 heteroatoms. The van der Waals surface area contributed by atoms with Gasteiger partial charge in [0.25, 0.3) is 21.6 Å². The molecule has 1 amide bonds. The van der Waals surface area contributed by atoms with Crippen LogP contribution in [-0.4, -0.2) is 25.8 Å². The Hall–Kier alpha value is -2.91. The number of nitro benzene ring substituents is 1. The zero-order valence-corrected chi connectivity index (χ0v) is 15.8. The highest BCUT2D eigenvalue weighted by molar-refractivity contribution is 7.92. The lowest BCUT2D eigenvalue weighted by Crippen LogP contribution is -2.25. The van der Waals surface area contributed by atoms with Gasteiger partial charge in [0.1, 0.15) is 0 Å². The third kappa shape index (κ3) is 4.63. The van der Waals surface area contributed by atoms with E-state index in [1.54, 1.807) is 12.1 Å². The van der Waals surface area contributed by atoms with Crippen molar-refractivity contribution in [3.8, 4) is 0 Å². The number of hydrogen-bond acceptors (Lipinski definition) is 5. The van der Waals surface area contributed by atoms with Gasteiger partial charge in [-0.15, -0.1) is 6.58 Å². The maximum absolute atomic E-state index is 12.7. The second-order valence-electron chi connectivity index (χ2n) is 5.46. The third-order valence-electron chi connectivity index (χ3n) is 3.62. The summed E-state index contributed by atoms with van der Waals surface area (Å²) in [6.45, 7) is 5.12. The first-order valence-corrected chi connectivity index (χ1v) is 9.49. The van der Waals surface area contributed by atoms with Crippen LogP contribution in [0.15, 0.2) is 53.9 Å². The van der Waals surface area contributed by atoms with Gasteiger partial charge in [0.2, 0.25) is 0 Å². The average molecular weight is 410 g/mol. The Kier molecular flexibility index (Phi) is 6.19. The number of anilines is 1. The van der Waals surface area contributed by atoms with Crippen molar-refractivity contribution in [2.75, 3.05) is 11.3 Å². The Morgan fingerprint density at radius 3 is 2.63 bits per heavy atom. The van der Waals surface area contributed by atoms with Crippen LogP contribution in [0.5, 0.6) is 0 Å². The molecule has 0 unspecified atom stereocenters. The second-order valence-corrected chi connectivity index (χ2v) is 7.55.